The number of unbranched alkanes of at least 4 members (excludes halogenated alkanes) is 1. The molecule has 1 atom stereocenters. The molecular weight excluding hydrogens is 546 g/mol. The molecule has 0 aromatic carbocycles. The van der Waals surface area contributed by atoms with Crippen LogP contribution in [0.25, 0.3) is 0 Å². The Morgan fingerprint density at radius 3 is 2.62 bits per heavy atom. The van der Waals surface area contributed by atoms with Gasteiger partial charge in [0.15, 0.2) is 0 Å². The SMILES string of the molecule is O=C(O)[C@H](CCN(CCCCc1ccc2c(n1)NCCC2)CCOCC(F)(F)F)Nc1ccnc(C(F)(F)F)n1. The second-order valence-corrected chi connectivity index (χ2v) is 9.39. The summed E-state index contributed by atoms with van der Waals surface area (Å²) in [5, 5.41) is 15.4. The number of nitrogens with zero attached hydrogens (tertiary/aromatic N) is 4. The van der Waals surface area contributed by atoms with Crippen molar-refractivity contribution in [2.75, 3.05) is 50.0 Å². The Balaban J connectivity index is 1.54. The van der Waals surface area contributed by atoms with Crippen molar-refractivity contribution >= 4 is 17.6 Å². The summed E-state index contributed by atoms with van der Waals surface area (Å²) in [7, 11) is 0. The molecule has 0 fully saturated rings. The first-order valence-electron chi connectivity index (χ1n) is 12.9. The summed E-state index contributed by atoms with van der Waals surface area (Å²) in [5.74, 6) is -2.13. The molecule has 0 spiro atoms. The molecule has 2 aromatic heterocycles. The number of carbonyl (C=O) groups is 1. The number of pyridine rings is 1. The molecule has 0 saturated heterocycles. The maximum absolute atomic E-state index is 12.9. The number of carboxylic acid groups (broad SMARTS) is 1. The Labute approximate surface area is 227 Å². The Hall–Kier alpha value is -3.20. The minimum atomic E-state index is -4.80. The van der Waals surface area contributed by atoms with Crippen molar-refractivity contribution in [2.24, 2.45) is 0 Å². The first kappa shape index (κ1) is 31.3. The number of alkyl halides is 6. The Morgan fingerprint density at radius 1 is 1.10 bits per heavy atom. The van der Waals surface area contributed by atoms with Gasteiger partial charge in [0.2, 0.25) is 5.82 Å². The van der Waals surface area contributed by atoms with Crippen LogP contribution in [0, 0.1) is 0 Å². The summed E-state index contributed by atoms with van der Waals surface area (Å²) in [4.78, 5) is 24.7. The number of anilines is 2. The van der Waals surface area contributed by atoms with E-state index in [9.17, 15) is 36.2 Å². The number of aryl methyl sites for hydroxylation is 2. The van der Waals surface area contributed by atoms with E-state index in [-0.39, 0.29) is 31.9 Å². The number of aliphatic carboxylic acids is 1. The summed E-state index contributed by atoms with van der Waals surface area (Å²) in [5.41, 5.74) is 2.10. The van der Waals surface area contributed by atoms with Gasteiger partial charge in [0.05, 0.1) is 6.61 Å². The number of carboxylic acids is 1. The average molecular weight is 579 g/mol. The summed E-state index contributed by atoms with van der Waals surface area (Å²) < 4.78 is 80.8. The van der Waals surface area contributed by atoms with Crippen LogP contribution < -0.4 is 10.6 Å². The fourth-order valence-electron chi connectivity index (χ4n) is 4.19. The third-order valence-electron chi connectivity index (χ3n) is 6.19. The predicted octanol–water partition coefficient (Wildman–Crippen LogP) is 4.41. The molecule has 9 nitrogen and oxygen atoms in total. The van der Waals surface area contributed by atoms with Crippen molar-refractivity contribution in [3.63, 3.8) is 0 Å². The van der Waals surface area contributed by atoms with Gasteiger partial charge in [-0.15, -0.1) is 0 Å². The number of nitrogens with one attached hydrogen (secondary N) is 2. The van der Waals surface area contributed by atoms with Crippen LogP contribution in [-0.2, 0) is 28.5 Å². The van der Waals surface area contributed by atoms with Crippen molar-refractivity contribution in [3.05, 3.63) is 41.5 Å². The van der Waals surface area contributed by atoms with Crippen molar-refractivity contribution in [1.82, 2.24) is 19.9 Å². The first-order valence-corrected chi connectivity index (χ1v) is 12.9. The van der Waals surface area contributed by atoms with Crippen LogP contribution in [0.15, 0.2) is 24.4 Å². The van der Waals surface area contributed by atoms with Crippen LogP contribution in [0.3, 0.4) is 0 Å². The molecular formula is C25H32F6N6O3. The first-order chi connectivity index (χ1) is 18.9. The van der Waals surface area contributed by atoms with E-state index in [2.05, 4.69) is 31.7 Å². The highest BCUT2D eigenvalue weighted by atomic mass is 19.4. The van der Waals surface area contributed by atoms with Crippen LogP contribution in [0.1, 0.15) is 42.8 Å². The third kappa shape index (κ3) is 10.8. The fourth-order valence-corrected chi connectivity index (χ4v) is 4.19. The van der Waals surface area contributed by atoms with Crippen molar-refractivity contribution in [1.29, 1.82) is 0 Å². The van der Waals surface area contributed by atoms with Crippen LogP contribution >= 0.6 is 0 Å². The zero-order valence-electron chi connectivity index (χ0n) is 21.7. The monoisotopic (exact) mass is 578 g/mol. The van der Waals surface area contributed by atoms with E-state index in [4.69, 9.17) is 4.74 Å². The smallest absolute Gasteiger partial charge is 0.451 e. The molecule has 3 N–H and O–H groups in total. The predicted molar refractivity (Wildman–Crippen MR) is 134 cm³/mol. The molecule has 222 valence electrons. The van der Waals surface area contributed by atoms with E-state index in [0.717, 1.165) is 49.6 Å². The summed E-state index contributed by atoms with van der Waals surface area (Å²) in [6, 6.07) is 3.87. The lowest BCUT2D eigenvalue weighted by atomic mass is 10.1. The van der Waals surface area contributed by atoms with Crippen LogP contribution in [-0.4, -0.2) is 82.5 Å². The Bertz CT molecular complexity index is 1100. The van der Waals surface area contributed by atoms with E-state index in [1.54, 1.807) is 4.90 Å². The molecule has 0 saturated carbocycles. The van der Waals surface area contributed by atoms with Gasteiger partial charge >= 0.3 is 18.3 Å². The van der Waals surface area contributed by atoms with Gasteiger partial charge < -0.3 is 25.4 Å². The molecule has 0 unspecified atom stereocenters. The second kappa shape index (κ2) is 14.4. The molecule has 2 aromatic rings. The van der Waals surface area contributed by atoms with Gasteiger partial charge in [-0.2, -0.15) is 26.3 Å². The quantitative estimate of drug-likeness (QED) is 0.209. The molecule has 0 bridgehead atoms. The Kier molecular flexibility index (Phi) is 11.3. The lowest BCUT2D eigenvalue weighted by Crippen LogP contribution is -2.37. The molecule has 0 radical (unpaired) electrons. The topological polar surface area (TPSA) is 112 Å². The lowest BCUT2D eigenvalue weighted by Gasteiger charge is -2.25. The van der Waals surface area contributed by atoms with Crippen LogP contribution in [0.2, 0.25) is 0 Å². The molecule has 40 heavy (non-hydrogen) atoms. The number of halogens is 6. The van der Waals surface area contributed by atoms with E-state index in [0.29, 0.717) is 19.4 Å². The highest BCUT2D eigenvalue weighted by molar-refractivity contribution is 5.76. The van der Waals surface area contributed by atoms with Gasteiger partial charge in [-0.25, -0.2) is 19.7 Å². The minimum Gasteiger partial charge on any atom is -0.480 e. The van der Waals surface area contributed by atoms with E-state index in [1.807, 2.05) is 6.07 Å². The molecule has 3 rings (SSSR count). The van der Waals surface area contributed by atoms with Crippen molar-refractivity contribution < 1.29 is 41.0 Å². The zero-order chi connectivity index (χ0) is 29.2. The van der Waals surface area contributed by atoms with E-state index in [1.165, 1.54) is 5.56 Å². The number of aromatic nitrogens is 3. The summed E-state index contributed by atoms with van der Waals surface area (Å²) >= 11 is 0. The van der Waals surface area contributed by atoms with Gasteiger partial charge in [-0.3, -0.25) is 0 Å². The number of rotatable bonds is 15. The van der Waals surface area contributed by atoms with Crippen molar-refractivity contribution in [2.45, 2.75) is 56.9 Å². The number of ether oxygens (including phenoxy) is 1. The van der Waals surface area contributed by atoms with E-state index >= 15 is 0 Å². The second-order valence-electron chi connectivity index (χ2n) is 9.39. The summed E-state index contributed by atoms with van der Waals surface area (Å²) in [6.45, 7) is -0.0118. The number of fused-ring (bicyclic) bond motifs is 1. The van der Waals surface area contributed by atoms with Gasteiger partial charge in [-0.1, -0.05) is 6.07 Å². The zero-order valence-corrected chi connectivity index (χ0v) is 21.7. The van der Waals surface area contributed by atoms with Gasteiger partial charge in [0.25, 0.3) is 0 Å². The lowest BCUT2D eigenvalue weighted by molar-refractivity contribution is -0.174. The standard InChI is InChI=1S/C25H32F6N6O3/c26-24(27,28)16-40-15-14-37(12-2-1-5-18-7-6-17-4-3-10-32-21(17)34-18)13-9-19(22(38)39)35-20-8-11-33-23(36-20)25(29,30)31/h6-8,11,19H,1-5,9-10,12-16H2,(H,32,34)(H,38,39)(H,33,35,36)/t19-/m0/s1. The van der Waals surface area contributed by atoms with Gasteiger partial charge in [-0.05, 0) is 62.8 Å². The number of hydrogen-bond donors (Lipinski definition) is 3. The highest BCUT2D eigenvalue weighted by Crippen LogP contribution is 2.26. The van der Waals surface area contributed by atoms with Gasteiger partial charge in [0, 0.05) is 31.5 Å². The van der Waals surface area contributed by atoms with Crippen LogP contribution in [0.5, 0.6) is 0 Å². The molecule has 15 heteroatoms. The van der Waals surface area contributed by atoms with E-state index < -0.39 is 36.8 Å². The third-order valence-corrected chi connectivity index (χ3v) is 6.19. The molecule has 1 aliphatic rings. The number of hydrogen-bond acceptors (Lipinski definition) is 8. The largest absolute Gasteiger partial charge is 0.480 e. The summed E-state index contributed by atoms with van der Waals surface area (Å²) in [6.07, 6.45) is -4.29. The van der Waals surface area contributed by atoms with Gasteiger partial charge in [0.1, 0.15) is 24.3 Å². The normalized spacial score (nSPS) is 14.5. The Morgan fingerprint density at radius 2 is 1.90 bits per heavy atom. The van der Waals surface area contributed by atoms with Crippen molar-refractivity contribution in [3.8, 4) is 0 Å². The average Bonchev–Trinajstić information content (AvgIpc) is 2.89. The fraction of sp³-hybridized carbons (Fsp3) is 0.600. The molecule has 0 aliphatic carbocycles. The maximum atomic E-state index is 12.9. The molecule has 3 heterocycles. The molecule has 1 aliphatic heterocycles. The molecule has 0 amide bonds. The minimum absolute atomic E-state index is 0.0436. The van der Waals surface area contributed by atoms with Crippen LogP contribution in [0.4, 0.5) is 38.0 Å². The highest BCUT2D eigenvalue weighted by Gasteiger charge is 2.35. The maximum Gasteiger partial charge on any atom is 0.451 e.